The van der Waals surface area contributed by atoms with Crippen molar-refractivity contribution < 1.29 is 25.9 Å². The third kappa shape index (κ3) is 9.93. The molecule has 156 valence electrons. The van der Waals surface area contributed by atoms with Crippen LogP contribution in [0.1, 0.15) is 11.1 Å². The lowest BCUT2D eigenvalue weighted by atomic mass is 10.2. The maximum absolute atomic E-state index is 10.5. The van der Waals surface area contributed by atoms with Gasteiger partial charge in [-0.25, -0.2) is 0 Å². The molecule has 1 saturated heterocycles. The van der Waals surface area contributed by atoms with Gasteiger partial charge in [-0.1, -0.05) is 35.4 Å². The van der Waals surface area contributed by atoms with Gasteiger partial charge in [0.05, 0.1) is 9.79 Å². The molecule has 0 aromatic heterocycles. The fourth-order valence-electron chi connectivity index (χ4n) is 2.02. The number of nitrogens with one attached hydrogen (secondary N) is 2. The average Bonchev–Trinajstić information content (AvgIpc) is 2.63. The topological polar surface area (TPSA) is 133 Å². The Bertz CT molecular complexity index is 836. The molecule has 8 nitrogen and oxygen atoms in total. The van der Waals surface area contributed by atoms with Crippen molar-refractivity contribution in [2.24, 2.45) is 0 Å². The minimum absolute atomic E-state index is 0.0666. The molecule has 4 N–H and O–H groups in total. The molecule has 2 aromatic carbocycles. The second kappa shape index (κ2) is 11.2. The zero-order chi connectivity index (χ0) is 21.2. The summed E-state index contributed by atoms with van der Waals surface area (Å²) in [6.45, 7) is 8.24. The molecule has 10 heteroatoms. The molecule has 1 aliphatic heterocycles. The van der Waals surface area contributed by atoms with Gasteiger partial charge >= 0.3 is 0 Å². The fraction of sp³-hybridized carbons (Fsp3) is 0.333. The van der Waals surface area contributed by atoms with Crippen LogP contribution >= 0.6 is 0 Å². The van der Waals surface area contributed by atoms with E-state index in [0.29, 0.717) is 0 Å². The van der Waals surface area contributed by atoms with Crippen molar-refractivity contribution in [2.45, 2.75) is 23.6 Å². The predicted octanol–water partition coefficient (Wildman–Crippen LogP) is 1.66. The number of hydrogen-bond donors (Lipinski definition) is 4. The molecule has 0 saturated carbocycles. The summed E-state index contributed by atoms with van der Waals surface area (Å²) in [7, 11) is -8.04. The summed E-state index contributed by atoms with van der Waals surface area (Å²) in [4.78, 5) is -0.133. The normalized spacial score (nSPS) is 14.1. The molecule has 0 spiro atoms. The number of aryl methyl sites for hydroxylation is 2. The van der Waals surface area contributed by atoms with Crippen LogP contribution in [-0.2, 0) is 20.2 Å². The molecule has 0 amide bonds. The summed E-state index contributed by atoms with van der Waals surface area (Å²) in [6, 6.07) is 12.0. The minimum Gasteiger partial charge on any atom is -0.314 e. The van der Waals surface area contributed by atoms with Crippen molar-refractivity contribution in [1.82, 2.24) is 10.6 Å². The zero-order valence-corrected chi connectivity index (χ0v) is 17.4. The van der Waals surface area contributed by atoms with Gasteiger partial charge in [0.1, 0.15) is 0 Å². The molecule has 0 aliphatic carbocycles. The van der Waals surface area contributed by atoms with Gasteiger partial charge in [0.2, 0.25) is 0 Å². The number of piperazine rings is 1. The lowest BCUT2D eigenvalue weighted by Gasteiger charge is -2.11. The Hall–Kier alpha value is -1.82. The summed E-state index contributed by atoms with van der Waals surface area (Å²) in [5.41, 5.74) is 1.91. The standard InChI is InChI=1S/2C7H8O3S.C4H10N2/c2*1-6-2-4-7(5-3-6)11(8,9)10;1-2-6-4-3-5-1/h2*2-5H,1H3,(H,8,9,10);5-6H,1-4H2. The first-order chi connectivity index (χ1) is 13.0. The SMILES string of the molecule is C1CNCCN1.Cc1ccc(S(=O)(=O)O)cc1.Cc1ccc(S(=O)(=O)O)cc1. The van der Waals surface area contributed by atoms with Gasteiger partial charge in [-0.3, -0.25) is 9.11 Å². The fourth-order valence-corrected chi connectivity index (χ4v) is 2.98. The monoisotopic (exact) mass is 430 g/mol. The number of hydrogen-bond acceptors (Lipinski definition) is 6. The molecule has 28 heavy (non-hydrogen) atoms. The molecule has 0 unspecified atom stereocenters. The van der Waals surface area contributed by atoms with Crippen LogP contribution in [0, 0.1) is 13.8 Å². The Kier molecular flexibility index (Phi) is 9.73. The van der Waals surface area contributed by atoms with E-state index < -0.39 is 20.2 Å². The lowest BCUT2D eigenvalue weighted by Crippen LogP contribution is -2.39. The number of rotatable bonds is 2. The van der Waals surface area contributed by atoms with E-state index in [4.69, 9.17) is 9.11 Å². The Morgan fingerprint density at radius 1 is 0.607 bits per heavy atom. The molecule has 3 rings (SSSR count). The maximum Gasteiger partial charge on any atom is 0.294 e. The van der Waals surface area contributed by atoms with Crippen LogP contribution in [0.3, 0.4) is 0 Å². The van der Waals surface area contributed by atoms with E-state index >= 15 is 0 Å². The highest BCUT2D eigenvalue weighted by Crippen LogP contribution is 2.09. The van der Waals surface area contributed by atoms with Crippen LogP contribution in [0.2, 0.25) is 0 Å². The third-order valence-electron chi connectivity index (χ3n) is 3.59. The van der Waals surface area contributed by atoms with Gasteiger partial charge in [-0.15, -0.1) is 0 Å². The molecule has 0 bridgehead atoms. The lowest BCUT2D eigenvalue weighted by molar-refractivity contribution is 0.481. The van der Waals surface area contributed by atoms with E-state index in [-0.39, 0.29) is 9.79 Å². The molecule has 0 radical (unpaired) electrons. The second-order valence-corrected chi connectivity index (χ2v) is 8.92. The van der Waals surface area contributed by atoms with Crippen LogP contribution in [0.15, 0.2) is 58.3 Å². The van der Waals surface area contributed by atoms with Crippen LogP contribution in [0.4, 0.5) is 0 Å². The largest absolute Gasteiger partial charge is 0.314 e. The Morgan fingerprint density at radius 3 is 1.04 bits per heavy atom. The highest BCUT2D eigenvalue weighted by molar-refractivity contribution is 7.86. The first kappa shape index (κ1) is 24.2. The Morgan fingerprint density at radius 2 is 0.857 bits per heavy atom. The molecular weight excluding hydrogens is 404 g/mol. The first-order valence-electron chi connectivity index (χ1n) is 8.50. The van der Waals surface area contributed by atoms with E-state index in [1.165, 1.54) is 24.3 Å². The maximum atomic E-state index is 10.5. The van der Waals surface area contributed by atoms with Crippen molar-refractivity contribution in [1.29, 1.82) is 0 Å². The number of benzene rings is 2. The van der Waals surface area contributed by atoms with Gasteiger partial charge in [0.25, 0.3) is 20.2 Å². The molecule has 1 aliphatic rings. The summed E-state index contributed by atoms with van der Waals surface area (Å²) in [5.74, 6) is 0. The highest BCUT2D eigenvalue weighted by atomic mass is 32.2. The quantitative estimate of drug-likeness (QED) is 0.529. The van der Waals surface area contributed by atoms with E-state index in [1.807, 2.05) is 13.8 Å². The van der Waals surface area contributed by atoms with Crippen LogP contribution < -0.4 is 10.6 Å². The van der Waals surface area contributed by atoms with Crippen LogP contribution in [0.25, 0.3) is 0 Å². The molecule has 1 heterocycles. The average molecular weight is 431 g/mol. The van der Waals surface area contributed by atoms with Gasteiger partial charge in [-0.2, -0.15) is 16.8 Å². The van der Waals surface area contributed by atoms with Crippen molar-refractivity contribution in [3.8, 4) is 0 Å². The zero-order valence-electron chi connectivity index (χ0n) is 15.8. The van der Waals surface area contributed by atoms with E-state index in [0.717, 1.165) is 37.3 Å². The van der Waals surface area contributed by atoms with Gasteiger partial charge < -0.3 is 10.6 Å². The summed E-state index contributed by atoms with van der Waals surface area (Å²) in [5, 5.41) is 6.44. The molecule has 1 fully saturated rings. The van der Waals surface area contributed by atoms with Crippen LogP contribution in [-0.4, -0.2) is 52.1 Å². The first-order valence-corrected chi connectivity index (χ1v) is 11.4. The molecular formula is C18H26N2O6S2. The highest BCUT2D eigenvalue weighted by Gasteiger charge is 2.07. The Balaban J connectivity index is 0.000000219. The van der Waals surface area contributed by atoms with E-state index in [1.54, 1.807) is 24.3 Å². The van der Waals surface area contributed by atoms with Gasteiger partial charge in [-0.05, 0) is 38.1 Å². The van der Waals surface area contributed by atoms with E-state index in [9.17, 15) is 16.8 Å². The molecule has 2 aromatic rings. The second-order valence-electron chi connectivity index (χ2n) is 6.08. The van der Waals surface area contributed by atoms with E-state index in [2.05, 4.69) is 10.6 Å². The smallest absolute Gasteiger partial charge is 0.294 e. The summed E-state index contributed by atoms with van der Waals surface area (Å²) < 4.78 is 59.1. The van der Waals surface area contributed by atoms with Gasteiger partial charge in [0, 0.05) is 26.2 Å². The predicted molar refractivity (Wildman–Crippen MR) is 108 cm³/mol. The Labute approximate surface area is 166 Å². The molecule has 0 atom stereocenters. The van der Waals surface area contributed by atoms with Crippen molar-refractivity contribution in [2.75, 3.05) is 26.2 Å². The van der Waals surface area contributed by atoms with Crippen molar-refractivity contribution in [3.63, 3.8) is 0 Å². The summed E-state index contributed by atoms with van der Waals surface area (Å²) in [6.07, 6.45) is 0. The van der Waals surface area contributed by atoms with Crippen molar-refractivity contribution in [3.05, 3.63) is 59.7 Å². The summed E-state index contributed by atoms with van der Waals surface area (Å²) >= 11 is 0. The minimum atomic E-state index is -4.02. The third-order valence-corrected chi connectivity index (χ3v) is 5.33. The van der Waals surface area contributed by atoms with Crippen LogP contribution in [0.5, 0.6) is 0 Å². The van der Waals surface area contributed by atoms with Gasteiger partial charge in [0.15, 0.2) is 0 Å². The van der Waals surface area contributed by atoms with Crippen molar-refractivity contribution >= 4 is 20.2 Å².